The second-order valence-electron chi connectivity index (χ2n) is 3.55. The summed E-state index contributed by atoms with van der Waals surface area (Å²) in [4.78, 5) is 22.1. The summed E-state index contributed by atoms with van der Waals surface area (Å²) in [5.74, 6) is -1.37. The van der Waals surface area contributed by atoms with Crippen LogP contribution in [0.2, 0.25) is 0 Å². The summed E-state index contributed by atoms with van der Waals surface area (Å²) in [6.45, 7) is -0.241. The molecular formula is C11H15N3O3. The van der Waals surface area contributed by atoms with Gasteiger partial charge in [0.05, 0.1) is 6.54 Å². The Morgan fingerprint density at radius 2 is 1.88 bits per heavy atom. The predicted molar refractivity (Wildman–Crippen MR) is 61.6 cm³/mol. The molecule has 6 nitrogen and oxygen atoms in total. The summed E-state index contributed by atoms with van der Waals surface area (Å²) in [5.41, 5.74) is 11.2. The van der Waals surface area contributed by atoms with Crippen molar-refractivity contribution in [2.45, 2.75) is 12.1 Å². The molecule has 0 aliphatic heterocycles. The lowest BCUT2D eigenvalue weighted by atomic mass is 10.1. The zero-order valence-electron chi connectivity index (χ0n) is 9.17. The molecule has 0 fully saturated rings. The molecule has 1 rings (SSSR count). The van der Waals surface area contributed by atoms with Gasteiger partial charge in [0.25, 0.3) is 0 Å². The molecule has 0 bridgehead atoms. The minimum Gasteiger partial charge on any atom is -0.381 e. The van der Waals surface area contributed by atoms with Crippen molar-refractivity contribution < 1.29 is 14.7 Å². The number of carbonyl (C=O) groups excluding carboxylic acids is 2. The lowest BCUT2D eigenvalue weighted by molar-refractivity contribution is -0.127. The average Bonchev–Trinajstić information content (AvgIpc) is 2.35. The number of aliphatic hydroxyl groups excluding tert-OH is 1. The second-order valence-corrected chi connectivity index (χ2v) is 3.55. The molecule has 0 aliphatic rings. The number of aliphatic hydroxyl groups is 1. The van der Waals surface area contributed by atoms with Crippen LogP contribution < -0.4 is 16.8 Å². The first-order valence-electron chi connectivity index (χ1n) is 5.08. The molecule has 0 saturated carbocycles. The number of benzene rings is 1. The summed E-state index contributed by atoms with van der Waals surface area (Å²) in [5, 5.41) is 11.4. The van der Waals surface area contributed by atoms with Crippen LogP contribution in [0.25, 0.3) is 0 Å². The van der Waals surface area contributed by atoms with Crippen LogP contribution in [0.3, 0.4) is 0 Å². The molecule has 0 saturated heterocycles. The summed E-state index contributed by atoms with van der Waals surface area (Å²) in [7, 11) is 0. The maximum absolute atomic E-state index is 11.6. The molecule has 1 aromatic rings. The van der Waals surface area contributed by atoms with Gasteiger partial charge < -0.3 is 21.9 Å². The number of primary amides is 1. The fourth-order valence-electron chi connectivity index (χ4n) is 1.22. The van der Waals surface area contributed by atoms with E-state index in [2.05, 4.69) is 5.32 Å². The van der Waals surface area contributed by atoms with Crippen LogP contribution in [-0.2, 0) is 9.59 Å². The van der Waals surface area contributed by atoms with E-state index in [1.165, 1.54) is 0 Å². The SMILES string of the molecule is NC(=O)C(O)CNC(=O)[C@@H](N)c1ccccc1. The Bertz CT molecular complexity index is 394. The van der Waals surface area contributed by atoms with Gasteiger partial charge in [-0.15, -0.1) is 0 Å². The first kappa shape index (κ1) is 13.1. The van der Waals surface area contributed by atoms with Crippen molar-refractivity contribution >= 4 is 11.8 Å². The molecule has 6 N–H and O–H groups in total. The van der Waals surface area contributed by atoms with E-state index in [0.717, 1.165) is 0 Å². The number of nitrogens with one attached hydrogen (secondary N) is 1. The van der Waals surface area contributed by atoms with Crippen molar-refractivity contribution in [3.05, 3.63) is 35.9 Å². The van der Waals surface area contributed by atoms with Crippen LogP contribution >= 0.6 is 0 Å². The first-order chi connectivity index (χ1) is 8.02. The highest BCUT2D eigenvalue weighted by molar-refractivity contribution is 5.84. The van der Waals surface area contributed by atoms with E-state index in [-0.39, 0.29) is 6.54 Å². The highest BCUT2D eigenvalue weighted by Crippen LogP contribution is 2.08. The Hall–Kier alpha value is -1.92. The van der Waals surface area contributed by atoms with E-state index in [4.69, 9.17) is 16.6 Å². The van der Waals surface area contributed by atoms with Gasteiger partial charge in [0.1, 0.15) is 12.1 Å². The van der Waals surface area contributed by atoms with Crippen LogP contribution in [0.15, 0.2) is 30.3 Å². The zero-order valence-corrected chi connectivity index (χ0v) is 9.17. The largest absolute Gasteiger partial charge is 0.381 e. The lowest BCUT2D eigenvalue weighted by Gasteiger charge is -2.13. The topological polar surface area (TPSA) is 118 Å². The van der Waals surface area contributed by atoms with Crippen LogP contribution in [0.4, 0.5) is 0 Å². The Kier molecular flexibility index (Phi) is 4.62. The van der Waals surface area contributed by atoms with Gasteiger partial charge >= 0.3 is 0 Å². The summed E-state index contributed by atoms with van der Waals surface area (Å²) in [6.07, 6.45) is -1.40. The van der Waals surface area contributed by atoms with Crippen molar-refractivity contribution in [3.63, 3.8) is 0 Å². The van der Waals surface area contributed by atoms with E-state index < -0.39 is 24.0 Å². The number of nitrogens with two attached hydrogens (primary N) is 2. The number of amides is 2. The fourth-order valence-corrected chi connectivity index (χ4v) is 1.22. The molecular weight excluding hydrogens is 222 g/mol. The molecule has 0 aliphatic carbocycles. The number of hydrogen-bond donors (Lipinski definition) is 4. The Balaban J connectivity index is 2.51. The van der Waals surface area contributed by atoms with Crippen LogP contribution in [0.5, 0.6) is 0 Å². The molecule has 0 heterocycles. The van der Waals surface area contributed by atoms with Crippen molar-refractivity contribution in [2.24, 2.45) is 11.5 Å². The maximum Gasteiger partial charge on any atom is 0.248 e. The minimum atomic E-state index is -1.40. The van der Waals surface area contributed by atoms with Crippen molar-refractivity contribution in [1.82, 2.24) is 5.32 Å². The highest BCUT2D eigenvalue weighted by atomic mass is 16.3. The fraction of sp³-hybridized carbons (Fsp3) is 0.273. The van der Waals surface area contributed by atoms with Gasteiger partial charge in [0, 0.05) is 0 Å². The molecule has 2 amide bonds. The standard InChI is InChI=1S/C11H15N3O3/c12-9(7-4-2-1-3-5-7)11(17)14-6-8(15)10(13)16/h1-5,8-9,15H,6,12H2,(H2,13,16)(H,14,17)/t8?,9-/m0/s1. The average molecular weight is 237 g/mol. The third-order valence-electron chi connectivity index (χ3n) is 2.24. The Morgan fingerprint density at radius 1 is 1.29 bits per heavy atom. The molecule has 92 valence electrons. The normalized spacial score (nSPS) is 13.8. The number of hydrogen-bond acceptors (Lipinski definition) is 4. The molecule has 0 radical (unpaired) electrons. The molecule has 17 heavy (non-hydrogen) atoms. The van der Waals surface area contributed by atoms with Gasteiger partial charge in [0.15, 0.2) is 0 Å². The Morgan fingerprint density at radius 3 is 2.41 bits per heavy atom. The van der Waals surface area contributed by atoms with Gasteiger partial charge in [-0.2, -0.15) is 0 Å². The maximum atomic E-state index is 11.6. The number of carbonyl (C=O) groups is 2. The molecule has 2 atom stereocenters. The van der Waals surface area contributed by atoms with Crippen LogP contribution in [0.1, 0.15) is 11.6 Å². The highest BCUT2D eigenvalue weighted by Gasteiger charge is 2.17. The van der Waals surface area contributed by atoms with Crippen LogP contribution in [0, 0.1) is 0 Å². The molecule has 6 heteroatoms. The van der Waals surface area contributed by atoms with E-state index in [9.17, 15) is 9.59 Å². The summed E-state index contributed by atoms with van der Waals surface area (Å²) in [6, 6.07) is 7.94. The van der Waals surface area contributed by atoms with Crippen molar-refractivity contribution in [1.29, 1.82) is 0 Å². The first-order valence-corrected chi connectivity index (χ1v) is 5.08. The van der Waals surface area contributed by atoms with Crippen molar-refractivity contribution in [2.75, 3.05) is 6.54 Å². The van der Waals surface area contributed by atoms with Crippen molar-refractivity contribution in [3.8, 4) is 0 Å². The van der Waals surface area contributed by atoms with Gasteiger partial charge in [-0.1, -0.05) is 30.3 Å². The van der Waals surface area contributed by atoms with Gasteiger partial charge in [-0.25, -0.2) is 0 Å². The predicted octanol–water partition coefficient (Wildman–Crippen LogP) is -1.35. The third kappa shape index (κ3) is 3.86. The molecule has 1 unspecified atom stereocenters. The molecule has 0 aromatic heterocycles. The van der Waals surface area contributed by atoms with E-state index in [0.29, 0.717) is 5.56 Å². The van der Waals surface area contributed by atoms with E-state index in [1.54, 1.807) is 24.3 Å². The Labute approximate surface area is 98.6 Å². The monoisotopic (exact) mass is 237 g/mol. The van der Waals surface area contributed by atoms with Gasteiger partial charge in [-0.3, -0.25) is 9.59 Å². The van der Waals surface area contributed by atoms with Gasteiger partial charge in [-0.05, 0) is 5.56 Å². The zero-order chi connectivity index (χ0) is 12.8. The quantitative estimate of drug-likeness (QED) is 0.506. The summed E-state index contributed by atoms with van der Waals surface area (Å²) >= 11 is 0. The minimum absolute atomic E-state index is 0.241. The van der Waals surface area contributed by atoms with E-state index >= 15 is 0 Å². The third-order valence-corrected chi connectivity index (χ3v) is 2.24. The number of rotatable bonds is 5. The van der Waals surface area contributed by atoms with Gasteiger partial charge in [0.2, 0.25) is 11.8 Å². The van der Waals surface area contributed by atoms with Crippen LogP contribution in [-0.4, -0.2) is 29.6 Å². The molecule has 0 spiro atoms. The molecule has 1 aromatic carbocycles. The summed E-state index contributed by atoms with van der Waals surface area (Å²) < 4.78 is 0. The smallest absolute Gasteiger partial charge is 0.248 e. The second kappa shape index (κ2) is 5.97. The van der Waals surface area contributed by atoms with E-state index in [1.807, 2.05) is 6.07 Å². The lowest BCUT2D eigenvalue weighted by Crippen LogP contribution is -2.43.